The molecule has 0 radical (unpaired) electrons. The number of nitriles is 1. The zero-order valence-corrected chi connectivity index (χ0v) is 23.1. The van der Waals surface area contributed by atoms with Crippen molar-refractivity contribution in [3.8, 4) is 11.8 Å². The number of carbonyl (C=O) groups excluding carboxylic acids is 2. The monoisotopic (exact) mass is 574 g/mol. The van der Waals surface area contributed by atoms with Crippen LogP contribution in [0.15, 0.2) is 60.5 Å². The summed E-state index contributed by atoms with van der Waals surface area (Å²) >= 11 is 7.66. The highest BCUT2D eigenvalue weighted by atomic mass is 35.5. The van der Waals surface area contributed by atoms with E-state index in [0.29, 0.717) is 19.5 Å². The lowest BCUT2D eigenvalue weighted by Crippen LogP contribution is -2.57. The number of benzene rings is 1. The summed E-state index contributed by atoms with van der Waals surface area (Å²) in [6, 6.07) is 2.77. The maximum atomic E-state index is 15.6. The fourth-order valence-electron chi connectivity index (χ4n) is 4.58. The lowest BCUT2D eigenvalue weighted by molar-refractivity contribution is -0.128. The smallest absolute Gasteiger partial charge is 0.258 e. The van der Waals surface area contributed by atoms with Crippen molar-refractivity contribution < 1.29 is 23.1 Å². The van der Waals surface area contributed by atoms with Gasteiger partial charge in [-0.1, -0.05) is 36.0 Å². The first-order valence-electron chi connectivity index (χ1n) is 12.1. The number of fused-ring (bicyclic) bond motifs is 2. The topological polar surface area (TPSA) is 99.7 Å². The van der Waals surface area contributed by atoms with E-state index >= 15 is 4.39 Å². The van der Waals surface area contributed by atoms with Gasteiger partial charge in [0.2, 0.25) is 5.91 Å². The largest absolute Gasteiger partial charge is 0.491 e. The second-order valence-electron chi connectivity index (χ2n) is 8.84. The van der Waals surface area contributed by atoms with Gasteiger partial charge >= 0.3 is 0 Å². The van der Waals surface area contributed by atoms with Crippen molar-refractivity contribution in [1.29, 1.82) is 5.26 Å². The van der Waals surface area contributed by atoms with Crippen molar-refractivity contribution in [3.05, 3.63) is 82.4 Å². The molecule has 206 valence electrons. The number of amides is 2. The molecule has 1 aromatic rings. The first-order chi connectivity index (χ1) is 18.7. The molecule has 4 rings (SSSR count). The fraction of sp³-hybridized carbons (Fsp3) is 0.321. The van der Waals surface area contributed by atoms with Gasteiger partial charge in [-0.2, -0.15) is 5.26 Å². The summed E-state index contributed by atoms with van der Waals surface area (Å²) in [5, 5.41) is 8.99. The van der Waals surface area contributed by atoms with Crippen LogP contribution < -0.4 is 10.5 Å². The highest BCUT2D eigenvalue weighted by Crippen LogP contribution is 2.42. The number of thioether (sulfide) groups is 1. The van der Waals surface area contributed by atoms with Crippen LogP contribution in [0.25, 0.3) is 5.57 Å². The summed E-state index contributed by atoms with van der Waals surface area (Å²) in [6.45, 7) is 12.2. The van der Waals surface area contributed by atoms with Gasteiger partial charge in [-0.3, -0.25) is 9.59 Å². The highest BCUT2D eigenvalue weighted by molar-refractivity contribution is 8.03. The molecular weight excluding hydrogens is 546 g/mol. The summed E-state index contributed by atoms with van der Waals surface area (Å²) in [5.74, 6) is -1.97. The van der Waals surface area contributed by atoms with Crippen molar-refractivity contribution in [2.45, 2.75) is 31.1 Å². The summed E-state index contributed by atoms with van der Waals surface area (Å²) < 4.78 is 36.1. The van der Waals surface area contributed by atoms with Crippen LogP contribution in [0.4, 0.5) is 8.78 Å². The van der Waals surface area contributed by atoms with Crippen LogP contribution in [0.5, 0.6) is 5.75 Å². The standard InChI is InChI=1S/C26H25ClF2N4O3S.C2H4/c1-3-21(34)32-7-8-33-17(13-32)6-9-36-24-18(26(33)35)11-20(29)22(23(24)27)15-4-5-19(28)14(2)37-25(31)16(10-15)12-30;1-2/h3-5,11,14,17H,1,6-10,13,31H2,2H3;1-2H2/b15-4+,19-5+,25-16+;/t14-,17?;/m0./s1. The quantitative estimate of drug-likeness (QED) is 0.377. The normalized spacial score (nSPS) is 26.0. The van der Waals surface area contributed by atoms with Gasteiger partial charge in [-0.05, 0) is 30.7 Å². The Hall–Kier alpha value is -3.55. The summed E-state index contributed by atoms with van der Waals surface area (Å²) in [6.07, 6.45) is 4.15. The molecule has 1 saturated heterocycles. The zero-order chi connectivity index (χ0) is 28.9. The van der Waals surface area contributed by atoms with Gasteiger partial charge in [-0.15, -0.1) is 13.2 Å². The number of hydrogen-bond donors (Lipinski definition) is 1. The van der Waals surface area contributed by atoms with E-state index in [0.717, 1.165) is 17.8 Å². The van der Waals surface area contributed by atoms with E-state index in [1.165, 1.54) is 18.2 Å². The molecule has 2 atom stereocenters. The predicted molar refractivity (Wildman–Crippen MR) is 150 cm³/mol. The van der Waals surface area contributed by atoms with E-state index in [4.69, 9.17) is 22.1 Å². The number of rotatable bonds is 2. The number of ether oxygens (including phenoxy) is 1. The molecule has 2 N–H and O–H groups in total. The second-order valence-corrected chi connectivity index (χ2v) is 10.6. The Bertz CT molecular complexity index is 1320. The summed E-state index contributed by atoms with van der Waals surface area (Å²) in [7, 11) is 0. The molecule has 0 aromatic heterocycles. The third-order valence-electron chi connectivity index (χ3n) is 6.59. The van der Waals surface area contributed by atoms with Crippen LogP contribution in [-0.4, -0.2) is 59.1 Å². The minimum atomic E-state index is -0.811. The molecule has 1 aromatic carbocycles. The molecule has 11 heteroatoms. The molecule has 0 aliphatic carbocycles. The SMILES string of the molecule is C=C.C=CC(=O)N1CCN2C(=O)c3cc(F)c(/C4=C/C=C(/F)[C@H](C)S/C(N)=C(/C#N)C4)c(Cl)c3OCCC2C1. The third kappa shape index (κ3) is 6.21. The van der Waals surface area contributed by atoms with Gasteiger partial charge in [-0.25, -0.2) is 8.78 Å². The van der Waals surface area contributed by atoms with Gasteiger partial charge in [0.25, 0.3) is 5.91 Å². The lowest BCUT2D eigenvalue weighted by atomic mass is 9.95. The molecule has 0 saturated carbocycles. The van der Waals surface area contributed by atoms with Gasteiger partial charge in [0.15, 0.2) is 5.75 Å². The van der Waals surface area contributed by atoms with Crippen LogP contribution in [-0.2, 0) is 4.79 Å². The molecule has 2 amide bonds. The van der Waals surface area contributed by atoms with Crippen molar-refractivity contribution >= 4 is 40.8 Å². The molecule has 3 heterocycles. The van der Waals surface area contributed by atoms with Crippen LogP contribution in [0.3, 0.4) is 0 Å². The Balaban J connectivity index is 0.00000205. The summed E-state index contributed by atoms with van der Waals surface area (Å²) in [5.41, 5.74) is 6.28. The number of halogens is 3. The molecule has 7 nitrogen and oxygen atoms in total. The van der Waals surface area contributed by atoms with Crippen LogP contribution in [0.2, 0.25) is 5.02 Å². The van der Waals surface area contributed by atoms with Crippen LogP contribution in [0.1, 0.15) is 35.7 Å². The second kappa shape index (κ2) is 13.0. The Kier molecular flexibility index (Phi) is 10.0. The number of carbonyl (C=O) groups is 2. The molecule has 1 unspecified atom stereocenters. The van der Waals surface area contributed by atoms with Crippen LogP contribution in [0, 0.1) is 17.1 Å². The number of allylic oxidation sites excluding steroid dienone is 4. The minimum absolute atomic E-state index is 0.0227. The first-order valence-corrected chi connectivity index (χ1v) is 13.4. The average molecular weight is 575 g/mol. The van der Waals surface area contributed by atoms with E-state index in [2.05, 4.69) is 19.7 Å². The fourth-order valence-corrected chi connectivity index (χ4v) is 5.78. The van der Waals surface area contributed by atoms with Crippen molar-refractivity contribution in [2.75, 3.05) is 26.2 Å². The van der Waals surface area contributed by atoms with Crippen molar-refractivity contribution in [1.82, 2.24) is 9.80 Å². The van der Waals surface area contributed by atoms with Gasteiger partial charge in [0.05, 0.1) is 45.2 Å². The Morgan fingerprint density at radius 3 is 2.72 bits per heavy atom. The van der Waals surface area contributed by atoms with Crippen LogP contribution >= 0.6 is 23.4 Å². The van der Waals surface area contributed by atoms with Gasteiger partial charge in [0.1, 0.15) is 11.6 Å². The molecule has 39 heavy (non-hydrogen) atoms. The Labute approximate surface area is 235 Å². The molecule has 3 aliphatic heterocycles. The molecule has 0 spiro atoms. The van der Waals surface area contributed by atoms with E-state index in [9.17, 15) is 19.2 Å². The Morgan fingerprint density at radius 1 is 1.33 bits per heavy atom. The number of hydrogen-bond acceptors (Lipinski definition) is 6. The minimum Gasteiger partial charge on any atom is -0.491 e. The first kappa shape index (κ1) is 30.0. The number of nitrogens with zero attached hydrogens (tertiary/aromatic N) is 3. The number of piperazine rings is 1. The number of nitrogens with two attached hydrogens (primary N) is 1. The Morgan fingerprint density at radius 2 is 2.05 bits per heavy atom. The highest BCUT2D eigenvalue weighted by Gasteiger charge is 2.36. The van der Waals surface area contributed by atoms with E-state index in [-0.39, 0.29) is 69.6 Å². The van der Waals surface area contributed by atoms with E-state index < -0.39 is 22.8 Å². The zero-order valence-electron chi connectivity index (χ0n) is 21.5. The molecule has 3 aliphatic rings. The maximum absolute atomic E-state index is 15.6. The van der Waals surface area contributed by atoms with Gasteiger partial charge in [0, 0.05) is 38.0 Å². The molecular formula is C28H29ClF2N4O3S. The third-order valence-corrected chi connectivity index (χ3v) is 8.03. The molecule has 1 fully saturated rings. The summed E-state index contributed by atoms with van der Waals surface area (Å²) in [4.78, 5) is 28.8. The van der Waals surface area contributed by atoms with Crippen molar-refractivity contribution in [2.24, 2.45) is 5.73 Å². The van der Waals surface area contributed by atoms with Gasteiger partial charge < -0.3 is 20.3 Å². The maximum Gasteiger partial charge on any atom is 0.258 e. The average Bonchev–Trinajstić information content (AvgIpc) is 2.98. The van der Waals surface area contributed by atoms with E-state index in [1.807, 2.05) is 6.07 Å². The van der Waals surface area contributed by atoms with E-state index in [1.54, 1.807) is 16.7 Å². The lowest BCUT2D eigenvalue weighted by Gasteiger charge is -2.42. The van der Waals surface area contributed by atoms with Crippen molar-refractivity contribution in [3.63, 3.8) is 0 Å². The predicted octanol–water partition coefficient (Wildman–Crippen LogP) is 5.36. The molecule has 0 bridgehead atoms.